The molecule has 0 spiro atoms. The van der Waals surface area contributed by atoms with E-state index < -0.39 is 6.17 Å². The highest BCUT2D eigenvalue weighted by Crippen LogP contribution is 2.26. The third-order valence-electron chi connectivity index (χ3n) is 2.82. The molecule has 14 heavy (non-hydrogen) atoms. The quantitative estimate of drug-likeness (QED) is 0.747. The molecule has 2 rings (SSSR count). The number of likely N-dealkylation sites (N-methyl/N-ethyl adjacent to an activating group) is 1. The predicted octanol–water partition coefficient (Wildman–Crippen LogP) is 0.729. The number of alkyl halides is 1. The van der Waals surface area contributed by atoms with E-state index in [-0.39, 0.29) is 24.4 Å². The lowest BCUT2D eigenvalue weighted by Crippen LogP contribution is -2.42. The number of nitrogens with zero attached hydrogens (tertiary/aromatic N) is 1. The van der Waals surface area contributed by atoms with Crippen LogP contribution in [0.3, 0.4) is 0 Å². The Balaban J connectivity index is 0.000000980. The Morgan fingerprint density at radius 3 is 2.57 bits per heavy atom. The second kappa shape index (κ2) is 4.45. The van der Waals surface area contributed by atoms with Gasteiger partial charge >= 0.3 is 0 Å². The zero-order chi connectivity index (χ0) is 9.42. The van der Waals surface area contributed by atoms with Crippen molar-refractivity contribution in [3.63, 3.8) is 0 Å². The molecule has 0 bridgehead atoms. The zero-order valence-electron chi connectivity index (χ0n) is 8.20. The van der Waals surface area contributed by atoms with Gasteiger partial charge in [-0.05, 0) is 12.8 Å². The number of amides is 1. The van der Waals surface area contributed by atoms with E-state index in [0.29, 0.717) is 19.0 Å². The van der Waals surface area contributed by atoms with E-state index in [2.05, 4.69) is 5.32 Å². The van der Waals surface area contributed by atoms with Crippen LogP contribution in [0.1, 0.15) is 19.3 Å². The molecule has 1 N–H and O–H groups in total. The normalized spacial score (nSPS) is 31.0. The summed E-state index contributed by atoms with van der Waals surface area (Å²) in [6.45, 7) is 0.328. The van der Waals surface area contributed by atoms with Gasteiger partial charge in [0.1, 0.15) is 6.17 Å². The van der Waals surface area contributed by atoms with Crippen LogP contribution >= 0.6 is 12.4 Å². The zero-order valence-corrected chi connectivity index (χ0v) is 9.02. The number of hydrogen-bond acceptors (Lipinski definition) is 2. The highest BCUT2D eigenvalue weighted by atomic mass is 35.5. The maximum absolute atomic E-state index is 12.8. The van der Waals surface area contributed by atoms with E-state index in [4.69, 9.17) is 0 Å². The number of hydrogen-bond donors (Lipinski definition) is 1. The topological polar surface area (TPSA) is 32.3 Å². The average Bonchev–Trinajstić information content (AvgIpc) is 2.87. The van der Waals surface area contributed by atoms with E-state index in [1.165, 1.54) is 0 Å². The van der Waals surface area contributed by atoms with Crippen LogP contribution in [0.25, 0.3) is 0 Å². The minimum atomic E-state index is -0.846. The number of carbonyl (C=O) groups is 1. The van der Waals surface area contributed by atoms with Crippen LogP contribution in [-0.2, 0) is 4.79 Å². The van der Waals surface area contributed by atoms with Gasteiger partial charge in [-0.15, -0.1) is 12.4 Å². The van der Waals surface area contributed by atoms with Crippen molar-refractivity contribution in [3.05, 3.63) is 0 Å². The van der Waals surface area contributed by atoms with Crippen LogP contribution in [0.4, 0.5) is 4.39 Å². The van der Waals surface area contributed by atoms with E-state index in [1.807, 2.05) is 7.05 Å². The van der Waals surface area contributed by atoms with Crippen molar-refractivity contribution in [3.8, 4) is 0 Å². The first-order valence-corrected chi connectivity index (χ1v) is 4.82. The van der Waals surface area contributed by atoms with Crippen LogP contribution in [0.2, 0.25) is 0 Å². The molecule has 0 aromatic carbocycles. The maximum Gasteiger partial charge on any atom is 0.239 e. The molecule has 1 saturated heterocycles. The monoisotopic (exact) mass is 222 g/mol. The lowest BCUT2D eigenvalue weighted by atomic mass is 10.2. The van der Waals surface area contributed by atoms with Crippen LogP contribution in [-0.4, -0.2) is 42.7 Å². The Labute approximate surface area is 89.4 Å². The molecule has 3 nitrogen and oxygen atoms in total. The van der Waals surface area contributed by atoms with Crippen LogP contribution in [0.15, 0.2) is 0 Å². The van der Waals surface area contributed by atoms with Gasteiger partial charge in [0.25, 0.3) is 0 Å². The largest absolute Gasteiger partial charge is 0.341 e. The van der Waals surface area contributed by atoms with E-state index >= 15 is 0 Å². The van der Waals surface area contributed by atoms with Crippen LogP contribution in [0, 0.1) is 0 Å². The highest BCUT2D eigenvalue weighted by Gasteiger charge is 2.36. The Morgan fingerprint density at radius 2 is 2.14 bits per heavy atom. The summed E-state index contributed by atoms with van der Waals surface area (Å²) < 4.78 is 12.8. The third kappa shape index (κ3) is 2.36. The molecule has 1 saturated carbocycles. The molecule has 2 aliphatic rings. The van der Waals surface area contributed by atoms with Gasteiger partial charge < -0.3 is 10.2 Å². The fourth-order valence-electron chi connectivity index (χ4n) is 1.77. The first-order valence-electron chi connectivity index (χ1n) is 4.82. The highest BCUT2D eigenvalue weighted by molar-refractivity contribution is 5.85. The maximum atomic E-state index is 12.8. The molecular formula is C9H16ClFN2O. The molecule has 0 aromatic heterocycles. The molecule has 1 amide bonds. The summed E-state index contributed by atoms with van der Waals surface area (Å²) in [6.07, 6.45) is 1.71. The van der Waals surface area contributed by atoms with Crippen molar-refractivity contribution in [1.82, 2.24) is 10.2 Å². The number of carbonyl (C=O) groups excluding carboxylic acids is 1. The number of halogens is 2. The molecule has 0 unspecified atom stereocenters. The van der Waals surface area contributed by atoms with Gasteiger partial charge in [0.2, 0.25) is 5.91 Å². The summed E-state index contributed by atoms with van der Waals surface area (Å²) in [5.41, 5.74) is 0. The molecule has 1 aliphatic carbocycles. The summed E-state index contributed by atoms with van der Waals surface area (Å²) in [6, 6.07) is 0.147. The Hall–Kier alpha value is -0.350. The van der Waals surface area contributed by atoms with Crippen LogP contribution < -0.4 is 5.32 Å². The summed E-state index contributed by atoms with van der Waals surface area (Å²) in [5.74, 6) is 0.0580. The number of nitrogens with one attached hydrogen (secondary N) is 1. The first-order chi connectivity index (χ1) is 6.18. The smallest absolute Gasteiger partial charge is 0.239 e. The lowest BCUT2D eigenvalue weighted by molar-refractivity contribution is -0.132. The Morgan fingerprint density at radius 1 is 1.50 bits per heavy atom. The van der Waals surface area contributed by atoms with E-state index in [0.717, 1.165) is 12.8 Å². The van der Waals surface area contributed by atoms with Crippen molar-refractivity contribution >= 4 is 18.3 Å². The summed E-state index contributed by atoms with van der Waals surface area (Å²) in [5, 5.41) is 2.90. The molecule has 5 heteroatoms. The summed E-state index contributed by atoms with van der Waals surface area (Å²) in [7, 11) is 1.81. The average molecular weight is 223 g/mol. The van der Waals surface area contributed by atoms with Gasteiger partial charge in [-0.25, -0.2) is 4.39 Å². The second-order valence-electron chi connectivity index (χ2n) is 3.97. The standard InChI is InChI=1S/C9H15FN2O.ClH/c1-12(7-2-3-7)9(13)8-4-6(10)5-11-8;/h6-8,11H,2-5H2,1H3;1H/t6-,8+;/m1./s1. The van der Waals surface area contributed by atoms with Gasteiger partial charge in [-0.1, -0.05) is 0 Å². The minimum absolute atomic E-state index is 0. The molecule has 0 radical (unpaired) electrons. The second-order valence-corrected chi connectivity index (χ2v) is 3.97. The molecular weight excluding hydrogens is 207 g/mol. The molecule has 2 atom stereocenters. The SMILES string of the molecule is CN(C(=O)[C@@H]1C[C@@H](F)CN1)C1CC1.Cl. The van der Waals surface area contributed by atoms with Gasteiger partial charge in [0, 0.05) is 26.1 Å². The molecule has 1 heterocycles. The van der Waals surface area contributed by atoms with Gasteiger partial charge in [-0.3, -0.25) is 4.79 Å². The van der Waals surface area contributed by atoms with Gasteiger partial charge in [0.05, 0.1) is 6.04 Å². The fraction of sp³-hybridized carbons (Fsp3) is 0.889. The molecule has 1 aliphatic heterocycles. The Kier molecular flexibility index (Phi) is 3.72. The third-order valence-corrected chi connectivity index (χ3v) is 2.82. The van der Waals surface area contributed by atoms with Crippen LogP contribution in [0.5, 0.6) is 0 Å². The lowest BCUT2D eigenvalue weighted by Gasteiger charge is -2.20. The molecule has 82 valence electrons. The van der Waals surface area contributed by atoms with Crippen molar-refractivity contribution in [2.45, 2.75) is 37.5 Å². The summed E-state index contributed by atoms with van der Waals surface area (Å²) >= 11 is 0. The fourth-order valence-corrected chi connectivity index (χ4v) is 1.77. The number of rotatable bonds is 2. The summed E-state index contributed by atoms with van der Waals surface area (Å²) in [4.78, 5) is 13.4. The predicted molar refractivity (Wildman–Crippen MR) is 54.3 cm³/mol. The van der Waals surface area contributed by atoms with Crippen molar-refractivity contribution < 1.29 is 9.18 Å². The van der Waals surface area contributed by atoms with Gasteiger partial charge in [-0.2, -0.15) is 0 Å². The van der Waals surface area contributed by atoms with Crippen molar-refractivity contribution in [2.24, 2.45) is 0 Å². The van der Waals surface area contributed by atoms with Crippen molar-refractivity contribution in [2.75, 3.05) is 13.6 Å². The van der Waals surface area contributed by atoms with Crippen molar-refractivity contribution in [1.29, 1.82) is 0 Å². The van der Waals surface area contributed by atoms with Gasteiger partial charge in [0.15, 0.2) is 0 Å². The Bertz CT molecular complexity index is 223. The molecule has 0 aromatic rings. The van der Waals surface area contributed by atoms with E-state index in [1.54, 1.807) is 4.90 Å². The minimum Gasteiger partial charge on any atom is -0.341 e. The van der Waals surface area contributed by atoms with E-state index in [9.17, 15) is 9.18 Å². The first kappa shape index (κ1) is 11.7. The molecule has 2 fully saturated rings.